The van der Waals surface area contributed by atoms with E-state index < -0.39 is 0 Å². The van der Waals surface area contributed by atoms with Crippen molar-refractivity contribution in [1.82, 2.24) is 10.2 Å². The second kappa shape index (κ2) is 5.83. The molecule has 0 aliphatic carbocycles. The summed E-state index contributed by atoms with van der Waals surface area (Å²) in [5.74, 6) is 0.838. The molecule has 0 bridgehead atoms. The molecule has 0 aromatic rings. The first kappa shape index (κ1) is 12.9. The van der Waals surface area contributed by atoms with Crippen molar-refractivity contribution < 1.29 is 4.74 Å². The number of nitrogens with one attached hydrogen (secondary N) is 1. The van der Waals surface area contributed by atoms with E-state index in [4.69, 9.17) is 4.74 Å². The van der Waals surface area contributed by atoms with Crippen LogP contribution in [0.5, 0.6) is 0 Å². The molecule has 0 amide bonds. The van der Waals surface area contributed by atoms with Gasteiger partial charge in [0.05, 0.1) is 12.2 Å². The van der Waals surface area contributed by atoms with E-state index in [1.165, 1.54) is 19.5 Å². The molecule has 3 nitrogen and oxygen atoms in total. The van der Waals surface area contributed by atoms with Gasteiger partial charge in [0.25, 0.3) is 0 Å². The molecule has 1 unspecified atom stereocenters. The zero-order valence-electron chi connectivity index (χ0n) is 10.7. The second-order valence-electron chi connectivity index (χ2n) is 5.47. The topological polar surface area (TPSA) is 24.5 Å². The summed E-state index contributed by atoms with van der Waals surface area (Å²) >= 11 is 0. The largest absolute Gasteiger partial charge is 0.375 e. The number of hydrogen-bond donors (Lipinski definition) is 1. The van der Waals surface area contributed by atoms with Gasteiger partial charge in [-0.3, -0.25) is 0 Å². The molecule has 1 atom stereocenters. The summed E-state index contributed by atoms with van der Waals surface area (Å²) in [6.07, 6.45) is 1.33. The van der Waals surface area contributed by atoms with Crippen LogP contribution in [0.25, 0.3) is 0 Å². The van der Waals surface area contributed by atoms with Gasteiger partial charge in [-0.05, 0) is 53.2 Å². The van der Waals surface area contributed by atoms with E-state index in [-0.39, 0.29) is 5.60 Å². The molecule has 1 heterocycles. The van der Waals surface area contributed by atoms with Gasteiger partial charge in [-0.15, -0.1) is 0 Å². The Bertz CT molecular complexity index is 177. The summed E-state index contributed by atoms with van der Waals surface area (Å²) in [5, 5.41) is 3.25. The van der Waals surface area contributed by atoms with E-state index in [1.807, 2.05) is 7.05 Å². The average Bonchev–Trinajstić information content (AvgIpc) is 2.51. The fourth-order valence-electron chi connectivity index (χ4n) is 2.05. The van der Waals surface area contributed by atoms with E-state index in [1.54, 1.807) is 0 Å². The molecule has 0 aromatic heterocycles. The Morgan fingerprint density at radius 3 is 2.73 bits per heavy atom. The lowest BCUT2D eigenvalue weighted by atomic mass is 10.1. The summed E-state index contributed by atoms with van der Waals surface area (Å²) in [4.78, 5) is 2.51. The Labute approximate surface area is 94.2 Å². The Balaban J connectivity index is 2.09. The highest BCUT2D eigenvalue weighted by Gasteiger charge is 2.21. The lowest BCUT2D eigenvalue weighted by Crippen LogP contribution is -2.30. The zero-order valence-corrected chi connectivity index (χ0v) is 10.7. The van der Waals surface area contributed by atoms with Crippen LogP contribution in [0.3, 0.4) is 0 Å². The third-order valence-electron chi connectivity index (χ3n) is 2.81. The average molecular weight is 214 g/mol. The van der Waals surface area contributed by atoms with Crippen molar-refractivity contribution in [3.8, 4) is 0 Å². The predicted octanol–water partition coefficient (Wildman–Crippen LogP) is 1.34. The quantitative estimate of drug-likeness (QED) is 0.747. The number of likely N-dealkylation sites (tertiary alicyclic amines) is 1. The standard InChI is InChI=1S/C12H26N2O/c1-12(2,3)15-8-7-14-6-5-11(10-14)9-13-4/h11,13H,5-10H2,1-4H3. The van der Waals surface area contributed by atoms with E-state index in [2.05, 4.69) is 31.0 Å². The third kappa shape index (κ3) is 5.50. The minimum absolute atomic E-state index is 0.00407. The van der Waals surface area contributed by atoms with Crippen molar-refractivity contribution in [2.45, 2.75) is 32.8 Å². The Morgan fingerprint density at radius 2 is 2.13 bits per heavy atom. The number of nitrogens with zero attached hydrogens (tertiary/aromatic N) is 1. The first-order chi connectivity index (χ1) is 7.01. The molecule has 1 saturated heterocycles. The van der Waals surface area contributed by atoms with Crippen LogP contribution in [0.1, 0.15) is 27.2 Å². The molecule has 0 saturated carbocycles. The van der Waals surface area contributed by atoms with Crippen LogP contribution in [-0.2, 0) is 4.74 Å². The predicted molar refractivity (Wildman–Crippen MR) is 64.2 cm³/mol. The fourth-order valence-corrected chi connectivity index (χ4v) is 2.05. The first-order valence-corrected chi connectivity index (χ1v) is 6.02. The molecule has 1 rings (SSSR count). The molecule has 1 N–H and O–H groups in total. The Hall–Kier alpha value is -0.120. The van der Waals surface area contributed by atoms with Gasteiger partial charge in [-0.1, -0.05) is 0 Å². The van der Waals surface area contributed by atoms with Gasteiger partial charge < -0.3 is 15.0 Å². The van der Waals surface area contributed by atoms with E-state index in [9.17, 15) is 0 Å². The van der Waals surface area contributed by atoms with E-state index >= 15 is 0 Å². The smallest absolute Gasteiger partial charge is 0.0600 e. The minimum Gasteiger partial charge on any atom is -0.375 e. The lowest BCUT2D eigenvalue weighted by molar-refractivity contribution is -0.0112. The van der Waals surface area contributed by atoms with Gasteiger partial charge >= 0.3 is 0 Å². The van der Waals surface area contributed by atoms with Crippen LogP contribution in [0.15, 0.2) is 0 Å². The Morgan fingerprint density at radius 1 is 1.40 bits per heavy atom. The molecular weight excluding hydrogens is 188 g/mol. The van der Waals surface area contributed by atoms with Crippen LogP contribution in [0, 0.1) is 5.92 Å². The van der Waals surface area contributed by atoms with Crippen LogP contribution in [0.2, 0.25) is 0 Å². The lowest BCUT2D eigenvalue weighted by Gasteiger charge is -2.22. The summed E-state index contributed by atoms with van der Waals surface area (Å²) in [6.45, 7) is 11.9. The monoisotopic (exact) mass is 214 g/mol. The molecule has 1 aliphatic heterocycles. The SMILES string of the molecule is CNCC1CCN(CCOC(C)(C)C)C1. The van der Waals surface area contributed by atoms with Gasteiger partial charge in [0.1, 0.15) is 0 Å². The molecule has 90 valence electrons. The normalized spacial score (nSPS) is 23.6. The van der Waals surface area contributed by atoms with E-state index in [0.29, 0.717) is 0 Å². The van der Waals surface area contributed by atoms with E-state index in [0.717, 1.165) is 25.6 Å². The molecule has 15 heavy (non-hydrogen) atoms. The van der Waals surface area contributed by atoms with Crippen molar-refractivity contribution in [2.75, 3.05) is 39.8 Å². The zero-order chi connectivity index (χ0) is 11.3. The third-order valence-corrected chi connectivity index (χ3v) is 2.81. The summed E-state index contributed by atoms with van der Waals surface area (Å²) in [5.41, 5.74) is 0.00407. The number of rotatable bonds is 5. The van der Waals surface area contributed by atoms with Gasteiger partial charge in [-0.25, -0.2) is 0 Å². The molecule has 0 radical (unpaired) electrons. The maximum atomic E-state index is 5.73. The van der Waals surface area contributed by atoms with Crippen LogP contribution < -0.4 is 5.32 Å². The molecule has 0 spiro atoms. The highest BCUT2D eigenvalue weighted by atomic mass is 16.5. The molecule has 3 heteroatoms. The first-order valence-electron chi connectivity index (χ1n) is 6.02. The second-order valence-corrected chi connectivity index (χ2v) is 5.47. The van der Waals surface area contributed by atoms with Crippen molar-refractivity contribution >= 4 is 0 Å². The number of hydrogen-bond acceptors (Lipinski definition) is 3. The van der Waals surface area contributed by atoms with Crippen LogP contribution in [0.4, 0.5) is 0 Å². The fraction of sp³-hybridized carbons (Fsp3) is 1.00. The molecule has 1 fully saturated rings. The highest BCUT2D eigenvalue weighted by Crippen LogP contribution is 2.15. The Kier molecular flexibility index (Phi) is 5.03. The van der Waals surface area contributed by atoms with Gasteiger partial charge in [0.15, 0.2) is 0 Å². The molecular formula is C12H26N2O. The van der Waals surface area contributed by atoms with Crippen molar-refractivity contribution in [3.63, 3.8) is 0 Å². The van der Waals surface area contributed by atoms with Gasteiger partial charge in [-0.2, -0.15) is 0 Å². The minimum atomic E-state index is 0.00407. The van der Waals surface area contributed by atoms with Crippen LogP contribution >= 0.6 is 0 Å². The highest BCUT2D eigenvalue weighted by molar-refractivity contribution is 4.76. The molecule has 0 aromatic carbocycles. The summed E-state index contributed by atoms with van der Waals surface area (Å²) in [6, 6.07) is 0. The van der Waals surface area contributed by atoms with Crippen LogP contribution in [-0.4, -0.2) is 50.3 Å². The summed E-state index contributed by atoms with van der Waals surface area (Å²) in [7, 11) is 2.03. The van der Waals surface area contributed by atoms with Crippen molar-refractivity contribution in [1.29, 1.82) is 0 Å². The van der Waals surface area contributed by atoms with Crippen molar-refractivity contribution in [3.05, 3.63) is 0 Å². The maximum Gasteiger partial charge on any atom is 0.0600 e. The van der Waals surface area contributed by atoms with Gasteiger partial charge in [0, 0.05) is 13.1 Å². The number of ether oxygens (including phenoxy) is 1. The molecule has 1 aliphatic rings. The van der Waals surface area contributed by atoms with Crippen molar-refractivity contribution in [2.24, 2.45) is 5.92 Å². The maximum absolute atomic E-state index is 5.73. The summed E-state index contributed by atoms with van der Waals surface area (Å²) < 4.78 is 5.73. The van der Waals surface area contributed by atoms with Gasteiger partial charge in [0.2, 0.25) is 0 Å².